The lowest BCUT2D eigenvalue weighted by Gasteiger charge is -2.14. The van der Waals surface area contributed by atoms with E-state index in [0.29, 0.717) is 0 Å². The molecule has 1 aliphatic heterocycles. The van der Waals surface area contributed by atoms with Gasteiger partial charge in [0.2, 0.25) is 0 Å². The summed E-state index contributed by atoms with van der Waals surface area (Å²) in [5.74, 6) is 0. The van der Waals surface area contributed by atoms with E-state index in [1.807, 2.05) is 54.6 Å². The molecule has 31 heavy (non-hydrogen) atoms. The third-order valence-electron chi connectivity index (χ3n) is 4.97. The fraction of sp³-hybridized carbons (Fsp3) is 0.167. The van der Waals surface area contributed by atoms with Crippen LogP contribution in [0.1, 0.15) is 12.0 Å². The predicted octanol–water partition coefficient (Wildman–Crippen LogP) is 5.72. The minimum absolute atomic E-state index is 0. The molecule has 1 aliphatic rings. The standard InChI is InChI=1S/C15H17N3.C9H7BrN2.ClH/c1-18-10-15(17-11-18)14-4-2-12(3-5-14)13-6-8-16-9-7-13;10-8-3-1-7(2-4-8)9-5-11-6-12-9;/h2-6,10-11,16H,7-9H2,1H3;1-6H,(H,11,12);1H. The fourth-order valence-electron chi connectivity index (χ4n) is 3.34. The van der Waals surface area contributed by atoms with Gasteiger partial charge in [-0.2, -0.15) is 0 Å². The lowest BCUT2D eigenvalue weighted by molar-refractivity contribution is 0.738. The number of aryl methyl sites for hydroxylation is 1. The monoisotopic (exact) mass is 497 g/mol. The third-order valence-corrected chi connectivity index (χ3v) is 5.50. The first-order valence-corrected chi connectivity index (χ1v) is 10.7. The molecule has 0 unspecified atom stereocenters. The summed E-state index contributed by atoms with van der Waals surface area (Å²) in [6, 6.07) is 16.8. The van der Waals surface area contributed by atoms with Crippen LogP contribution in [0.2, 0.25) is 0 Å². The number of nitrogens with zero attached hydrogens (tertiary/aromatic N) is 3. The van der Waals surface area contributed by atoms with E-state index in [2.05, 4.69) is 66.5 Å². The maximum Gasteiger partial charge on any atom is 0.0951 e. The van der Waals surface area contributed by atoms with E-state index in [-0.39, 0.29) is 12.4 Å². The first-order valence-electron chi connectivity index (χ1n) is 9.92. The van der Waals surface area contributed by atoms with Crippen LogP contribution < -0.4 is 5.32 Å². The van der Waals surface area contributed by atoms with Gasteiger partial charge in [0.1, 0.15) is 0 Å². The summed E-state index contributed by atoms with van der Waals surface area (Å²) in [6.07, 6.45) is 10.8. The van der Waals surface area contributed by atoms with Gasteiger partial charge in [0, 0.05) is 29.8 Å². The lowest BCUT2D eigenvalue weighted by Crippen LogP contribution is -2.19. The Kier molecular flexibility index (Phi) is 8.23. The zero-order chi connectivity index (χ0) is 20.8. The topological polar surface area (TPSA) is 58.5 Å². The summed E-state index contributed by atoms with van der Waals surface area (Å²) in [5, 5.41) is 3.34. The molecular weight excluding hydrogens is 474 g/mol. The van der Waals surface area contributed by atoms with Crippen molar-refractivity contribution >= 4 is 33.9 Å². The van der Waals surface area contributed by atoms with Crippen LogP contribution in [0, 0.1) is 0 Å². The molecule has 0 saturated heterocycles. The molecule has 2 aromatic heterocycles. The summed E-state index contributed by atoms with van der Waals surface area (Å²) in [4.78, 5) is 11.4. The van der Waals surface area contributed by atoms with Crippen molar-refractivity contribution < 1.29 is 0 Å². The van der Waals surface area contributed by atoms with Crippen LogP contribution in [0.5, 0.6) is 0 Å². The number of nitrogens with one attached hydrogen (secondary N) is 2. The van der Waals surface area contributed by atoms with Crippen molar-refractivity contribution in [1.29, 1.82) is 0 Å². The quantitative estimate of drug-likeness (QED) is 0.379. The smallest absolute Gasteiger partial charge is 0.0951 e. The molecule has 3 heterocycles. The Bertz CT molecular complexity index is 1100. The summed E-state index contributed by atoms with van der Waals surface area (Å²) < 4.78 is 3.06. The Morgan fingerprint density at radius 3 is 2.26 bits per heavy atom. The molecule has 4 aromatic rings. The Balaban J connectivity index is 0.000000183. The zero-order valence-electron chi connectivity index (χ0n) is 17.3. The molecule has 0 radical (unpaired) electrons. The molecule has 0 spiro atoms. The van der Waals surface area contributed by atoms with E-state index < -0.39 is 0 Å². The van der Waals surface area contributed by atoms with Crippen LogP contribution in [0.3, 0.4) is 0 Å². The van der Waals surface area contributed by atoms with E-state index in [9.17, 15) is 0 Å². The molecule has 2 aromatic carbocycles. The number of rotatable bonds is 3. The van der Waals surface area contributed by atoms with Gasteiger partial charge in [-0.3, -0.25) is 0 Å². The Morgan fingerprint density at radius 2 is 1.68 bits per heavy atom. The molecule has 0 atom stereocenters. The fourth-order valence-corrected chi connectivity index (χ4v) is 3.61. The summed E-state index contributed by atoms with van der Waals surface area (Å²) in [5.41, 5.74) is 7.17. The number of benzene rings is 2. The predicted molar refractivity (Wildman–Crippen MR) is 133 cm³/mol. The maximum absolute atomic E-state index is 4.37. The molecular formula is C24H25BrClN5. The maximum atomic E-state index is 4.37. The van der Waals surface area contributed by atoms with E-state index in [1.165, 1.54) is 16.7 Å². The van der Waals surface area contributed by atoms with Crippen LogP contribution >= 0.6 is 28.3 Å². The van der Waals surface area contributed by atoms with Crippen molar-refractivity contribution in [3.63, 3.8) is 0 Å². The molecule has 5 rings (SSSR count). The SMILES string of the molecule is Brc1ccc(-c2cnc[nH]2)cc1.Cl.Cn1cnc(-c2ccc(C3=CCNCC3)cc2)c1. The van der Waals surface area contributed by atoms with Crippen LogP contribution in [-0.2, 0) is 7.05 Å². The molecule has 2 N–H and O–H groups in total. The summed E-state index contributed by atoms with van der Waals surface area (Å²) in [7, 11) is 1.99. The number of H-pyrrole nitrogens is 1. The van der Waals surface area contributed by atoms with E-state index in [0.717, 1.165) is 40.9 Å². The normalized spacial score (nSPS) is 12.9. The number of hydrogen-bond donors (Lipinski definition) is 2. The highest BCUT2D eigenvalue weighted by molar-refractivity contribution is 9.10. The van der Waals surface area contributed by atoms with Crippen molar-refractivity contribution in [3.05, 3.63) is 89.7 Å². The number of halogens is 2. The highest BCUT2D eigenvalue weighted by Crippen LogP contribution is 2.23. The molecule has 160 valence electrons. The molecule has 0 aliphatic carbocycles. The van der Waals surface area contributed by atoms with Crippen molar-refractivity contribution in [1.82, 2.24) is 24.8 Å². The molecule has 0 bridgehead atoms. The van der Waals surface area contributed by atoms with Gasteiger partial charge < -0.3 is 14.9 Å². The van der Waals surface area contributed by atoms with Gasteiger partial charge in [-0.1, -0.05) is 58.4 Å². The minimum atomic E-state index is 0. The second kappa shape index (κ2) is 11.1. The first kappa shape index (κ1) is 23.0. The number of aromatic amines is 1. The summed E-state index contributed by atoms with van der Waals surface area (Å²) >= 11 is 3.38. The van der Waals surface area contributed by atoms with E-state index in [1.54, 1.807) is 6.33 Å². The highest BCUT2D eigenvalue weighted by Gasteiger charge is 2.06. The van der Waals surface area contributed by atoms with Gasteiger partial charge in [0.15, 0.2) is 0 Å². The van der Waals surface area contributed by atoms with Crippen LogP contribution in [0.4, 0.5) is 0 Å². The Labute approximate surface area is 197 Å². The van der Waals surface area contributed by atoms with Crippen LogP contribution in [0.25, 0.3) is 28.1 Å². The van der Waals surface area contributed by atoms with E-state index in [4.69, 9.17) is 0 Å². The van der Waals surface area contributed by atoms with Gasteiger partial charge in [0.25, 0.3) is 0 Å². The van der Waals surface area contributed by atoms with Gasteiger partial charge in [-0.25, -0.2) is 9.97 Å². The number of hydrogen-bond acceptors (Lipinski definition) is 3. The number of imidazole rings is 2. The van der Waals surface area contributed by atoms with Crippen molar-refractivity contribution in [3.8, 4) is 22.5 Å². The highest BCUT2D eigenvalue weighted by atomic mass is 79.9. The van der Waals surface area contributed by atoms with Crippen molar-refractivity contribution in [2.45, 2.75) is 6.42 Å². The van der Waals surface area contributed by atoms with Gasteiger partial charge >= 0.3 is 0 Å². The van der Waals surface area contributed by atoms with Crippen LogP contribution in [-0.4, -0.2) is 32.6 Å². The Hall–Kier alpha value is -2.67. The average molecular weight is 499 g/mol. The zero-order valence-corrected chi connectivity index (χ0v) is 19.7. The van der Waals surface area contributed by atoms with Crippen LogP contribution in [0.15, 0.2) is 84.1 Å². The van der Waals surface area contributed by atoms with Gasteiger partial charge in [-0.15, -0.1) is 12.4 Å². The minimum Gasteiger partial charge on any atom is -0.345 e. The molecule has 0 amide bonds. The number of aromatic nitrogens is 4. The Morgan fingerprint density at radius 1 is 0.968 bits per heavy atom. The summed E-state index contributed by atoms with van der Waals surface area (Å²) in [6.45, 7) is 2.06. The largest absolute Gasteiger partial charge is 0.345 e. The lowest BCUT2D eigenvalue weighted by atomic mass is 9.99. The van der Waals surface area contributed by atoms with E-state index >= 15 is 0 Å². The second-order valence-corrected chi connectivity index (χ2v) is 8.07. The molecule has 7 heteroatoms. The molecule has 5 nitrogen and oxygen atoms in total. The molecule has 0 saturated carbocycles. The first-order chi connectivity index (χ1) is 14.7. The molecule has 0 fully saturated rings. The third kappa shape index (κ3) is 6.17. The second-order valence-electron chi connectivity index (χ2n) is 7.16. The average Bonchev–Trinajstić information content (AvgIpc) is 3.48. The van der Waals surface area contributed by atoms with Crippen molar-refractivity contribution in [2.75, 3.05) is 13.1 Å². The van der Waals surface area contributed by atoms with Gasteiger partial charge in [0.05, 0.1) is 30.2 Å². The van der Waals surface area contributed by atoms with Crippen molar-refractivity contribution in [2.24, 2.45) is 7.05 Å². The van der Waals surface area contributed by atoms with Gasteiger partial charge in [-0.05, 0) is 41.8 Å².